The number of anilines is 1. The molecule has 1 fully saturated rings. The van der Waals surface area contributed by atoms with Gasteiger partial charge in [0.2, 0.25) is 0 Å². The smallest absolute Gasteiger partial charge is 0.263 e. The maximum absolute atomic E-state index is 13.3. The summed E-state index contributed by atoms with van der Waals surface area (Å²) in [6, 6.07) is 11.8. The summed E-state index contributed by atoms with van der Waals surface area (Å²) < 4.78 is 28.6. The lowest BCUT2D eigenvalue weighted by molar-refractivity contribution is -0.0620. The molecule has 2 heterocycles. The summed E-state index contributed by atoms with van der Waals surface area (Å²) in [5.74, 6) is 1.52. The number of rotatable bonds is 4. The molecular formula is C34H45ClN2O4S. The van der Waals surface area contributed by atoms with Gasteiger partial charge in [0.1, 0.15) is 16.7 Å². The van der Waals surface area contributed by atoms with Crippen molar-refractivity contribution in [2.45, 2.75) is 76.6 Å². The van der Waals surface area contributed by atoms with Crippen LogP contribution in [-0.4, -0.2) is 47.8 Å². The van der Waals surface area contributed by atoms with Gasteiger partial charge in [-0.1, -0.05) is 50.1 Å². The minimum Gasteiger partial charge on any atom is -0.491 e. The van der Waals surface area contributed by atoms with Gasteiger partial charge < -0.3 is 14.4 Å². The molecule has 42 heavy (non-hydrogen) atoms. The Balaban J connectivity index is 1.55. The van der Waals surface area contributed by atoms with Crippen molar-refractivity contribution in [3.8, 4) is 5.75 Å². The van der Waals surface area contributed by atoms with E-state index < -0.39 is 11.0 Å². The summed E-state index contributed by atoms with van der Waals surface area (Å²) in [4.78, 5) is 15.7. The van der Waals surface area contributed by atoms with Gasteiger partial charge in [-0.2, -0.15) is 0 Å². The standard InChI is InChI=1S/C34H45ClN2O4S/c1-6-8-24-17-28(35)12-13-29(24)27-20-37-19-26-10-14-30(26)34(4,40-5)16-7-9-22(2)23(3)42(39)36-33(38)25-11-15-32(41-21-27)31(37)18-25/h7,11-13,15-18,22-23,26-27,30H,6,8-10,14,19-21H2,1-5H3,(H,36,38)/b16-7+/t22?,23?,26?,27?,30?,34-,42?/m0/s1. The van der Waals surface area contributed by atoms with Crippen LogP contribution in [0.15, 0.2) is 48.6 Å². The molecule has 6 nitrogen and oxygen atoms in total. The third kappa shape index (κ3) is 6.44. The molecule has 2 aliphatic heterocycles. The Kier molecular flexibility index (Phi) is 9.70. The number of ether oxygens (including phenoxy) is 2. The molecule has 7 atom stereocenters. The van der Waals surface area contributed by atoms with Crippen LogP contribution in [0.2, 0.25) is 5.02 Å². The largest absolute Gasteiger partial charge is 0.491 e. The lowest BCUT2D eigenvalue weighted by Crippen LogP contribution is -2.49. The molecule has 228 valence electrons. The Morgan fingerprint density at radius 1 is 1.17 bits per heavy atom. The zero-order valence-electron chi connectivity index (χ0n) is 25.5. The van der Waals surface area contributed by atoms with Gasteiger partial charge in [0.15, 0.2) is 0 Å². The highest BCUT2D eigenvalue weighted by Crippen LogP contribution is 2.46. The Morgan fingerprint density at radius 3 is 2.69 bits per heavy atom. The van der Waals surface area contributed by atoms with Gasteiger partial charge in [0.05, 0.1) is 23.1 Å². The maximum atomic E-state index is 13.3. The van der Waals surface area contributed by atoms with Crippen LogP contribution in [-0.2, 0) is 22.1 Å². The van der Waals surface area contributed by atoms with E-state index >= 15 is 0 Å². The molecule has 5 rings (SSSR count). The normalized spacial score (nSPS) is 32.5. The van der Waals surface area contributed by atoms with Gasteiger partial charge >= 0.3 is 0 Å². The van der Waals surface area contributed by atoms with E-state index in [0.717, 1.165) is 61.7 Å². The number of halogens is 1. The molecule has 1 N–H and O–H groups in total. The molecule has 3 aliphatic rings. The monoisotopic (exact) mass is 612 g/mol. The number of nitrogens with zero attached hydrogens (tertiary/aromatic N) is 1. The first-order valence-corrected chi connectivity index (χ1v) is 17.0. The fourth-order valence-corrected chi connectivity index (χ4v) is 8.00. The molecule has 0 saturated heterocycles. The minimum atomic E-state index is -1.51. The highest BCUT2D eigenvalue weighted by molar-refractivity contribution is 7.84. The Bertz CT molecular complexity index is 1350. The van der Waals surface area contributed by atoms with Crippen LogP contribution in [0.4, 0.5) is 5.69 Å². The molecule has 8 heteroatoms. The van der Waals surface area contributed by atoms with Crippen LogP contribution in [0, 0.1) is 17.8 Å². The molecule has 2 bridgehead atoms. The summed E-state index contributed by atoms with van der Waals surface area (Å²) in [6.07, 6.45) is 9.39. The molecule has 1 amide bonds. The number of amides is 1. The topological polar surface area (TPSA) is 67.9 Å². The van der Waals surface area contributed by atoms with Crippen LogP contribution < -0.4 is 14.4 Å². The molecule has 1 saturated carbocycles. The molecule has 2 aromatic carbocycles. The number of nitrogens with one attached hydrogen (secondary N) is 1. The molecular weight excluding hydrogens is 568 g/mol. The van der Waals surface area contributed by atoms with Crippen LogP contribution >= 0.6 is 11.6 Å². The second kappa shape index (κ2) is 13.1. The number of carbonyl (C=O) groups is 1. The number of hydrogen-bond acceptors (Lipinski definition) is 5. The summed E-state index contributed by atoms with van der Waals surface area (Å²) >= 11 is 6.41. The first kappa shape index (κ1) is 31.1. The van der Waals surface area contributed by atoms with Crippen molar-refractivity contribution >= 4 is 34.2 Å². The fraction of sp³-hybridized carbons (Fsp3) is 0.559. The fourth-order valence-electron chi connectivity index (χ4n) is 6.79. The van der Waals surface area contributed by atoms with Crippen LogP contribution in [0.3, 0.4) is 0 Å². The van der Waals surface area contributed by atoms with Crippen molar-refractivity contribution in [2.75, 3.05) is 31.7 Å². The molecule has 0 aromatic heterocycles. The van der Waals surface area contributed by atoms with Crippen molar-refractivity contribution in [1.82, 2.24) is 4.72 Å². The highest BCUT2D eigenvalue weighted by Gasteiger charge is 2.45. The number of methoxy groups -OCH3 is 1. The van der Waals surface area contributed by atoms with Crippen molar-refractivity contribution in [2.24, 2.45) is 17.8 Å². The third-order valence-electron chi connectivity index (χ3n) is 9.84. The van der Waals surface area contributed by atoms with E-state index in [9.17, 15) is 9.00 Å². The summed E-state index contributed by atoms with van der Waals surface area (Å²) in [5.41, 5.74) is 3.56. The van der Waals surface area contributed by atoms with Gasteiger partial charge in [-0.25, -0.2) is 4.21 Å². The van der Waals surface area contributed by atoms with Gasteiger partial charge in [-0.3, -0.25) is 9.52 Å². The number of fused-ring (bicyclic) bond motifs is 2. The molecule has 1 aliphatic carbocycles. The molecule has 2 aromatic rings. The second-order valence-corrected chi connectivity index (χ2v) is 14.5. The average molecular weight is 613 g/mol. The summed E-state index contributed by atoms with van der Waals surface area (Å²) in [5, 5.41) is 0.556. The van der Waals surface area contributed by atoms with E-state index in [1.807, 2.05) is 32.2 Å². The maximum Gasteiger partial charge on any atom is 0.263 e. The lowest BCUT2D eigenvalue weighted by Gasteiger charge is -2.48. The number of hydrogen-bond donors (Lipinski definition) is 1. The Morgan fingerprint density at radius 2 is 1.98 bits per heavy atom. The van der Waals surface area contributed by atoms with Crippen LogP contribution in [0.5, 0.6) is 5.75 Å². The second-order valence-electron chi connectivity index (χ2n) is 12.6. The first-order valence-electron chi connectivity index (χ1n) is 15.4. The number of allylic oxidation sites excluding steroid dienone is 1. The van der Waals surface area contributed by atoms with Crippen molar-refractivity contribution in [3.05, 3.63) is 70.3 Å². The van der Waals surface area contributed by atoms with E-state index in [4.69, 9.17) is 21.1 Å². The van der Waals surface area contributed by atoms with Gasteiger partial charge in [0, 0.05) is 36.7 Å². The lowest BCUT2D eigenvalue weighted by atomic mass is 9.64. The number of benzene rings is 2. The third-order valence-corrected chi connectivity index (χ3v) is 11.6. The van der Waals surface area contributed by atoms with Gasteiger partial charge in [-0.05, 0) is 98.7 Å². The predicted molar refractivity (Wildman–Crippen MR) is 172 cm³/mol. The molecule has 0 radical (unpaired) electrons. The minimum absolute atomic E-state index is 0.131. The van der Waals surface area contributed by atoms with Crippen molar-refractivity contribution in [1.29, 1.82) is 0 Å². The zero-order valence-corrected chi connectivity index (χ0v) is 27.1. The van der Waals surface area contributed by atoms with E-state index in [1.54, 1.807) is 6.07 Å². The van der Waals surface area contributed by atoms with E-state index in [2.05, 4.69) is 54.7 Å². The Labute approximate surface area is 258 Å². The number of aryl methyl sites for hydroxylation is 1. The quantitative estimate of drug-likeness (QED) is 0.374. The van der Waals surface area contributed by atoms with E-state index in [0.29, 0.717) is 24.0 Å². The average Bonchev–Trinajstić information content (AvgIpc) is 3.13. The van der Waals surface area contributed by atoms with Crippen LogP contribution in [0.25, 0.3) is 0 Å². The van der Waals surface area contributed by atoms with E-state index in [1.165, 1.54) is 11.1 Å². The van der Waals surface area contributed by atoms with Crippen molar-refractivity contribution in [3.63, 3.8) is 0 Å². The van der Waals surface area contributed by atoms with Crippen molar-refractivity contribution < 1.29 is 18.5 Å². The molecule has 6 unspecified atom stereocenters. The van der Waals surface area contributed by atoms with Gasteiger partial charge in [-0.15, -0.1) is 0 Å². The number of carbonyl (C=O) groups excluding carboxylic acids is 1. The van der Waals surface area contributed by atoms with Crippen LogP contribution in [0.1, 0.15) is 80.8 Å². The first-order chi connectivity index (χ1) is 20.1. The summed E-state index contributed by atoms with van der Waals surface area (Å²) in [6.45, 7) is 10.5. The summed E-state index contributed by atoms with van der Waals surface area (Å²) in [7, 11) is 0.295. The SMILES string of the molecule is CCCc1cc(Cl)ccc1C1COc2ccc3cc2N(C1)CC1CCC1[C@@](C)(OC)/C=C/CC(C)C(C)S(=O)NC3=O. The Hall–Kier alpha value is -2.35. The van der Waals surface area contributed by atoms with Gasteiger partial charge in [0.25, 0.3) is 5.91 Å². The predicted octanol–water partition coefficient (Wildman–Crippen LogP) is 7.08. The highest BCUT2D eigenvalue weighted by atomic mass is 35.5. The molecule has 0 spiro atoms. The van der Waals surface area contributed by atoms with E-state index in [-0.39, 0.29) is 28.6 Å². The zero-order chi connectivity index (χ0) is 30.0.